The molecule has 7 nitrogen and oxygen atoms in total. The van der Waals surface area contributed by atoms with Crippen LogP contribution in [0.25, 0.3) is 0 Å². The van der Waals surface area contributed by atoms with E-state index in [-0.39, 0.29) is 18.4 Å². The lowest BCUT2D eigenvalue weighted by Gasteiger charge is -2.51. The quantitative estimate of drug-likeness (QED) is 0.814. The van der Waals surface area contributed by atoms with E-state index in [9.17, 15) is 18.7 Å². The van der Waals surface area contributed by atoms with E-state index in [0.717, 1.165) is 25.3 Å². The Morgan fingerprint density at radius 3 is 2.60 bits per heavy atom. The van der Waals surface area contributed by atoms with Gasteiger partial charge in [0.05, 0.1) is 18.8 Å². The maximum Gasteiger partial charge on any atom is 0.246 e. The summed E-state index contributed by atoms with van der Waals surface area (Å²) in [4.78, 5) is 13.4. The van der Waals surface area contributed by atoms with Gasteiger partial charge in [-0.15, -0.1) is 5.10 Å². The number of aliphatic hydroxyl groups excluding tert-OH is 1. The lowest BCUT2D eigenvalue weighted by Crippen LogP contribution is -2.49. The molecule has 1 aromatic heterocycles. The van der Waals surface area contributed by atoms with Crippen LogP contribution in [0.4, 0.5) is 8.78 Å². The molecule has 3 atom stereocenters. The maximum atomic E-state index is 13.7. The van der Waals surface area contributed by atoms with E-state index < -0.39 is 17.7 Å². The number of hydrazone groups is 1. The molecule has 1 aliphatic heterocycles. The number of fused-ring (bicyclic) bond motifs is 2. The second kappa shape index (κ2) is 7.54. The number of hydrogen-bond donors (Lipinski definition) is 1. The fourth-order valence-electron chi connectivity index (χ4n) is 5.24. The van der Waals surface area contributed by atoms with Crippen LogP contribution in [0.3, 0.4) is 0 Å². The van der Waals surface area contributed by atoms with Gasteiger partial charge in [-0.25, -0.2) is 13.8 Å². The Kier molecular flexibility index (Phi) is 4.85. The Morgan fingerprint density at radius 2 is 1.90 bits per heavy atom. The second-order valence-electron chi connectivity index (χ2n) is 8.62. The van der Waals surface area contributed by atoms with Gasteiger partial charge >= 0.3 is 0 Å². The first-order valence-electron chi connectivity index (χ1n) is 10.3. The zero-order chi connectivity index (χ0) is 20.8. The zero-order valence-electron chi connectivity index (χ0n) is 16.4. The van der Waals surface area contributed by atoms with Crippen LogP contribution < -0.4 is 0 Å². The third kappa shape index (κ3) is 3.40. The number of benzene rings is 1. The van der Waals surface area contributed by atoms with Gasteiger partial charge in [0, 0.05) is 31.2 Å². The Bertz CT molecular complexity index is 967. The van der Waals surface area contributed by atoms with Crippen molar-refractivity contribution in [1.82, 2.24) is 20.0 Å². The highest BCUT2D eigenvalue weighted by Crippen LogP contribution is 2.53. The number of rotatable bonds is 5. The average molecular weight is 415 g/mol. The Hall–Kier alpha value is -2.68. The van der Waals surface area contributed by atoms with Gasteiger partial charge in [-0.2, -0.15) is 5.10 Å². The number of carbonyl (C=O) groups excluding carboxylic acids is 1. The van der Waals surface area contributed by atoms with Gasteiger partial charge in [0.25, 0.3) is 0 Å². The molecule has 9 heteroatoms. The minimum absolute atomic E-state index is 0.0683. The normalized spacial score (nSPS) is 29.8. The minimum atomic E-state index is -0.654. The highest BCUT2D eigenvalue weighted by atomic mass is 19.1. The van der Waals surface area contributed by atoms with Crippen molar-refractivity contribution in [2.24, 2.45) is 28.8 Å². The molecule has 2 heterocycles. The molecule has 1 N–H and O–H groups in total. The van der Waals surface area contributed by atoms with E-state index in [1.807, 2.05) is 0 Å². The molecule has 2 aromatic rings. The van der Waals surface area contributed by atoms with Crippen LogP contribution >= 0.6 is 0 Å². The molecule has 3 aliphatic carbocycles. The largest absolute Gasteiger partial charge is 0.390 e. The number of halogens is 2. The zero-order valence-corrected chi connectivity index (χ0v) is 16.4. The van der Waals surface area contributed by atoms with E-state index in [0.29, 0.717) is 42.0 Å². The van der Waals surface area contributed by atoms with E-state index in [2.05, 4.69) is 15.4 Å². The van der Waals surface area contributed by atoms with Gasteiger partial charge in [-0.1, -0.05) is 5.21 Å². The highest BCUT2D eigenvalue weighted by Gasteiger charge is 2.50. The van der Waals surface area contributed by atoms with Crippen LogP contribution in [0, 0.1) is 35.3 Å². The Labute approximate surface area is 172 Å². The molecule has 158 valence electrons. The Balaban J connectivity index is 1.32. The predicted octanol–water partition coefficient (Wildman–Crippen LogP) is 2.67. The number of aromatic nitrogens is 3. The third-order valence-electron chi connectivity index (χ3n) is 6.82. The first-order valence-corrected chi connectivity index (χ1v) is 10.3. The number of hydrogen-bond acceptors (Lipinski definition) is 5. The van der Waals surface area contributed by atoms with Crippen LogP contribution in [-0.4, -0.2) is 37.2 Å². The van der Waals surface area contributed by atoms with Crippen LogP contribution in [0.1, 0.15) is 43.0 Å². The topological polar surface area (TPSA) is 83.6 Å². The smallest absolute Gasteiger partial charge is 0.246 e. The average Bonchev–Trinajstić information content (AvgIpc) is 3.35. The van der Waals surface area contributed by atoms with Gasteiger partial charge in [-0.3, -0.25) is 9.48 Å². The summed E-state index contributed by atoms with van der Waals surface area (Å²) in [6, 6.07) is 2.91. The van der Waals surface area contributed by atoms with E-state index >= 15 is 0 Å². The summed E-state index contributed by atoms with van der Waals surface area (Å²) in [7, 11) is 0. The third-order valence-corrected chi connectivity index (χ3v) is 6.82. The van der Waals surface area contributed by atoms with Crippen molar-refractivity contribution in [2.45, 2.75) is 44.9 Å². The van der Waals surface area contributed by atoms with E-state index in [1.165, 1.54) is 17.1 Å². The van der Waals surface area contributed by atoms with Gasteiger partial charge in [0.15, 0.2) is 0 Å². The number of aliphatic hydroxyl groups is 1. The predicted molar refractivity (Wildman–Crippen MR) is 103 cm³/mol. The fraction of sp³-hybridized carbons (Fsp3) is 0.524. The summed E-state index contributed by atoms with van der Waals surface area (Å²) >= 11 is 0. The van der Waals surface area contributed by atoms with Crippen molar-refractivity contribution < 1.29 is 18.7 Å². The summed E-state index contributed by atoms with van der Waals surface area (Å²) in [6.45, 7) is 0.516. The van der Waals surface area contributed by atoms with Crippen LogP contribution in [-0.2, 0) is 17.9 Å². The summed E-state index contributed by atoms with van der Waals surface area (Å²) in [6.07, 6.45) is 6.56. The van der Waals surface area contributed by atoms with Gasteiger partial charge in [-0.05, 0) is 54.7 Å². The molecule has 2 bridgehead atoms. The molecule has 30 heavy (non-hydrogen) atoms. The standard InChI is InChI=1S/C21H23F2N5O2/c22-16-5-14(6-17(23)8-16)20-1-2-24-28(20)21(30)19-7-15(12-3-13(19)4-12)9-27-10-18(11-29)25-26-27/h2,5-6,8,10,12-13,15,19-20,29H,1,3-4,7,9,11H2. The molecule has 1 aromatic carbocycles. The molecular weight excluding hydrogens is 392 g/mol. The van der Waals surface area contributed by atoms with Crippen molar-refractivity contribution in [1.29, 1.82) is 0 Å². The first-order chi connectivity index (χ1) is 14.5. The molecule has 0 saturated heterocycles. The number of nitrogens with zero attached hydrogens (tertiary/aromatic N) is 5. The molecule has 6 rings (SSSR count). The molecule has 0 radical (unpaired) electrons. The SMILES string of the molecule is O=C(C1CC(Cn2cc(CO)nn2)C2CC1C2)N1N=CCC1c1cc(F)cc(F)c1. The van der Waals surface area contributed by atoms with Crippen LogP contribution in [0.2, 0.25) is 0 Å². The number of amides is 1. The van der Waals surface area contributed by atoms with Gasteiger partial charge < -0.3 is 5.11 Å². The maximum absolute atomic E-state index is 13.7. The van der Waals surface area contributed by atoms with Crippen molar-refractivity contribution in [3.05, 3.63) is 47.3 Å². The molecule has 3 fully saturated rings. The van der Waals surface area contributed by atoms with E-state index in [4.69, 9.17) is 0 Å². The first kappa shape index (κ1) is 19.3. The van der Waals surface area contributed by atoms with Gasteiger partial charge in [0.2, 0.25) is 5.91 Å². The molecule has 1 amide bonds. The molecule has 3 saturated carbocycles. The molecular formula is C21H23F2N5O2. The lowest BCUT2D eigenvalue weighted by atomic mass is 9.55. The summed E-state index contributed by atoms with van der Waals surface area (Å²) < 4.78 is 29.1. The monoisotopic (exact) mass is 415 g/mol. The second-order valence-corrected chi connectivity index (χ2v) is 8.62. The van der Waals surface area contributed by atoms with Gasteiger partial charge in [0.1, 0.15) is 17.3 Å². The summed E-state index contributed by atoms with van der Waals surface area (Å²) in [5.74, 6) is -0.330. The summed E-state index contributed by atoms with van der Waals surface area (Å²) in [5, 5.41) is 22.9. The Morgan fingerprint density at radius 1 is 1.13 bits per heavy atom. The van der Waals surface area contributed by atoms with Crippen molar-refractivity contribution in [2.75, 3.05) is 0 Å². The molecule has 4 aliphatic rings. The van der Waals surface area contributed by atoms with Crippen molar-refractivity contribution in [3.63, 3.8) is 0 Å². The van der Waals surface area contributed by atoms with Crippen molar-refractivity contribution >= 4 is 12.1 Å². The van der Waals surface area contributed by atoms with Crippen molar-refractivity contribution in [3.8, 4) is 0 Å². The summed E-state index contributed by atoms with van der Waals surface area (Å²) in [5.41, 5.74) is 0.956. The fourth-order valence-corrected chi connectivity index (χ4v) is 5.24. The lowest BCUT2D eigenvalue weighted by molar-refractivity contribution is -0.147. The molecule has 0 spiro atoms. The molecule has 3 unspecified atom stereocenters. The van der Waals surface area contributed by atoms with E-state index in [1.54, 1.807) is 17.1 Å². The van der Waals surface area contributed by atoms with Crippen LogP contribution in [0.5, 0.6) is 0 Å². The highest BCUT2D eigenvalue weighted by molar-refractivity contribution is 5.82. The van der Waals surface area contributed by atoms with Crippen LogP contribution in [0.15, 0.2) is 29.5 Å². The number of carbonyl (C=O) groups is 1. The minimum Gasteiger partial charge on any atom is -0.390 e.